The van der Waals surface area contributed by atoms with Crippen molar-refractivity contribution in [3.63, 3.8) is 0 Å². The fourth-order valence-electron chi connectivity index (χ4n) is 2.37. The van der Waals surface area contributed by atoms with Crippen molar-refractivity contribution < 1.29 is 19.1 Å². The van der Waals surface area contributed by atoms with E-state index in [9.17, 15) is 9.59 Å². The van der Waals surface area contributed by atoms with Crippen LogP contribution < -0.4 is 0 Å². The highest BCUT2D eigenvalue weighted by Gasteiger charge is 2.34. The summed E-state index contributed by atoms with van der Waals surface area (Å²) in [6, 6.07) is 6.81. The summed E-state index contributed by atoms with van der Waals surface area (Å²) in [5, 5.41) is 0. The van der Waals surface area contributed by atoms with E-state index in [2.05, 4.69) is 0 Å². The van der Waals surface area contributed by atoms with Gasteiger partial charge >= 0.3 is 5.97 Å². The molecular formula is C15H19NO4. The van der Waals surface area contributed by atoms with Gasteiger partial charge in [0.2, 0.25) is 0 Å². The van der Waals surface area contributed by atoms with Gasteiger partial charge in [-0.3, -0.25) is 4.79 Å². The summed E-state index contributed by atoms with van der Waals surface area (Å²) in [6.45, 7) is 3.03. The predicted molar refractivity (Wildman–Crippen MR) is 73.5 cm³/mol. The molecule has 108 valence electrons. The van der Waals surface area contributed by atoms with Crippen molar-refractivity contribution in [3.8, 4) is 0 Å². The van der Waals surface area contributed by atoms with Gasteiger partial charge in [0, 0.05) is 12.1 Å². The molecule has 1 aromatic rings. The smallest absolute Gasteiger partial charge is 0.331 e. The minimum Gasteiger partial charge on any atom is -0.467 e. The van der Waals surface area contributed by atoms with Crippen LogP contribution in [0, 0.1) is 0 Å². The fraction of sp³-hybridized carbons (Fsp3) is 0.467. The second-order valence-electron chi connectivity index (χ2n) is 4.62. The molecule has 1 amide bonds. The average molecular weight is 277 g/mol. The number of rotatable bonds is 3. The van der Waals surface area contributed by atoms with Crippen LogP contribution in [-0.2, 0) is 20.7 Å². The van der Waals surface area contributed by atoms with Crippen LogP contribution in [0.5, 0.6) is 0 Å². The molecule has 0 spiro atoms. The van der Waals surface area contributed by atoms with E-state index in [4.69, 9.17) is 9.47 Å². The number of nitrogens with zero attached hydrogens (tertiary/aromatic N) is 1. The lowest BCUT2D eigenvalue weighted by atomic mass is 10.0. The molecular weight excluding hydrogens is 258 g/mol. The molecule has 1 unspecified atom stereocenters. The molecule has 0 aromatic heterocycles. The van der Waals surface area contributed by atoms with Gasteiger partial charge in [-0.25, -0.2) is 4.79 Å². The van der Waals surface area contributed by atoms with Gasteiger partial charge in [-0.1, -0.05) is 25.1 Å². The first-order valence-corrected chi connectivity index (χ1v) is 6.73. The SMILES string of the molecule is CCc1ccccc1C(=O)N1CCOCC1C(=O)OC. The molecule has 1 atom stereocenters. The summed E-state index contributed by atoms with van der Waals surface area (Å²) < 4.78 is 10.0. The molecule has 0 saturated carbocycles. The van der Waals surface area contributed by atoms with Crippen LogP contribution in [0.3, 0.4) is 0 Å². The Hall–Kier alpha value is -1.88. The number of carbonyl (C=O) groups excluding carboxylic acids is 2. The van der Waals surface area contributed by atoms with Crippen LogP contribution in [-0.4, -0.2) is 49.7 Å². The molecule has 0 bridgehead atoms. The molecule has 0 aliphatic carbocycles. The second-order valence-corrected chi connectivity index (χ2v) is 4.62. The summed E-state index contributed by atoms with van der Waals surface area (Å²) in [5.74, 6) is -0.576. The number of carbonyl (C=O) groups is 2. The van der Waals surface area contributed by atoms with Gasteiger partial charge in [0.1, 0.15) is 0 Å². The van der Waals surface area contributed by atoms with Gasteiger partial charge in [-0.15, -0.1) is 0 Å². The summed E-state index contributed by atoms with van der Waals surface area (Å²) >= 11 is 0. The topological polar surface area (TPSA) is 55.8 Å². The number of ether oxygens (including phenoxy) is 2. The van der Waals surface area contributed by atoms with Crippen molar-refractivity contribution in [2.24, 2.45) is 0 Å². The molecule has 2 rings (SSSR count). The van der Waals surface area contributed by atoms with E-state index in [1.807, 2.05) is 25.1 Å². The zero-order chi connectivity index (χ0) is 14.5. The van der Waals surface area contributed by atoms with Crippen molar-refractivity contribution >= 4 is 11.9 Å². The molecule has 1 heterocycles. The van der Waals surface area contributed by atoms with E-state index >= 15 is 0 Å². The van der Waals surface area contributed by atoms with Crippen LogP contribution in [0.15, 0.2) is 24.3 Å². The minimum absolute atomic E-state index is 0.138. The van der Waals surface area contributed by atoms with Gasteiger partial charge in [0.05, 0.1) is 20.3 Å². The van der Waals surface area contributed by atoms with E-state index in [1.54, 1.807) is 11.0 Å². The Balaban J connectivity index is 2.27. The van der Waals surface area contributed by atoms with Gasteiger partial charge in [-0.05, 0) is 18.1 Å². The third-order valence-electron chi connectivity index (χ3n) is 3.49. The lowest BCUT2D eigenvalue weighted by Gasteiger charge is -2.34. The van der Waals surface area contributed by atoms with Crippen molar-refractivity contribution in [1.82, 2.24) is 4.90 Å². The quantitative estimate of drug-likeness (QED) is 0.781. The second kappa shape index (κ2) is 6.52. The Morgan fingerprint density at radius 2 is 2.15 bits per heavy atom. The Morgan fingerprint density at radius 3 is 2.85 bits per heavy atom. The molecule has 5 nitrogen and oxygen atoms in total. The van der Waals surface area contributed by atoms with E-state index in [0.29, 0.717) is 18.7 Å². The number of hydrogen-bond donors (Lipinski definition) is 0. The molecule has 5 heteroatoms. The maximum absolute atomic E-state index is 12.7. The fourth-order valence-corrected chi connectivity index (χ4v) is 2.37. The van der Waals surface area contributed by atoms with E-state index < -0.39 is 12.0 Å². The molecule has 1 aliphatic heterocycles. The first-order chi connectivity index (χ1) is 9.69. The summed E-state index contributed by atoms with van der Waals surface area (Å²) in [4.78, 5) is 26.0. The minimum atomic E-state index is -0.661. The highest BCUT2D eigenvalue weighted by Crippen LogP contribution is 2.17. The third kappa shape index (κ3) is 2.82. The molecule has 20 heavy (non-hydrogen) atoms. The van der Waals surface area contributed by atoms with E-state index in [-0.39, 0.29) is 12.5 Å². The Bertz CT molecular complexity index is 500. The number of methoxy groups -OCH3 is 1. The molecule has 0 N–H and O–H groups in total. The first kappa shape index (κ1) is 14.5. The molecule has 1 aliphatic rings. The Kier molecular flexibility index (Phi) is 4.74. The van der Waals surface area contributed by atoms with E-state index in [1.165, 1.54) is 7.11 Å². The van der Waals surface area contributed by atoms with Crippen LogP contribution in [0.1, 0.15) is 22.8 Å². The number of benzene rings is 1. The number of esters is 1. The van der Waals surface area contributed by atoms with Gasteiger partial charge in [0.15, 0.2) is 6.04 Å². The standard InChI is InChI=1S/C15H19NO4/c1-3-11-6-4-5-7-12(11)14(17)16-8-9-20-10-13(16)15(18)19-2/h4-7,13H,3,8-10H2,1-2H3. The normalized spacial score (nSPS) is 18.7. The number of aryl methyl sites for hydroxylation is 1. The largest absolute Gasteiger partial charge is 0.467 e. The van der Waals surface area contributed by atoms with Crippen molar-refractivity contribution in [2.45, 2.75) is 19.4 Å². The highest BCUT2D eigenvalue weighted by atomic mass is 16.5. The molecule has 1 aromatic carbocycles. The van der Waals surface area contributed by atoms with Gasteiger partial charge < -0.3 is 14.4 Å². The number of amides is 1. The summed E-state index contributed by atoms with van der Waals surface area (Å²) in [6.07, 6.45) is 0.773. The van der Waals surface area contributed by atoms with Crippen molar-refractivity contribution in [3.05, 3.63) is 35.4 Å². The van der Waals surface area contributed by atoms with Crippen LogP contribution in [0.25, 0.3) is 0 Å². The molecule has 1 fully saturated rings. The first-order valence-electron chi connectivity index (χ1n) is 6.73. The van der Waals surface area contributed by atoms with Crippen molar-refractivity contribution in [2.75, 3.05) is 26.9 Å². The van der Waals surface area contributed by atoms with Crippen LogP contribution >= 0.6 is 0 Å². The maximum atomic E-state index is 12.7. The summed E-state index contributed by atoms with van der Waals surface area (Å²) in [5.41, 5.74) is 1.62. The monoisotopic (exact) mass is 277 g/mol. The third-order valence-corrected chi connectivity index (χ3v) is 3.49. The lowest BCUT2D eigenvalue weighted by molar-refractivity contribution is -0.151. The molecule has 0 radical (unpaired) electrons. The van der Waals surface area contributed by atoms with Gasteiger partial charge in [0.25, 0.3) is 5.91 Å². The molecule has 1 saturated heterocycles. The summed E-state index contributed by atoms with van der Waals surface area (Å²) in [7, 11) is 1.32. The zero-order valence-electron chi connectivity index (χ0n) is 11.8. The highest BCUT2D eigenvalue weighted by molar-refractivity contribution is 5.98. The number of morpholine rings is 1. The lowest BCUT2D eigenvalue weighted by Crippen LogP contribution is -2.53. The van der Waals surface area contributed by atoms with E-state index in [0.717, 1.165) is 12.0 Å². The van der Waals surface area contributed by atoms with Gasteiger partial charge in [-0.2, -0.15) is 0 Å². The van der Waals surface area contributed by atoms with Crippen LogP contribution in [0.2, 0.25) is 0 Å². The maximum Gasteiger partial charge on any atom is 0.331 e. The van der Waals surface area contributed by atoms with Crippen LogP contribution in [0.4, 0.5) is 0 Å². The predicted octanol–water partition coefficient (Wildman–Crippen LogP) is 1.26. The Morgan fingerprint density at radius 1 is 1.40 bits per heavy atom. The number of hydrogen-bond acceptors (Lipinski definition) is 4. The average Bonchev–Trinajstić information content (AvgIpc) is 2.53. The van der Waals surface area contributed by atoms with Crippen molar-refractivity contribution in [1.29, 1.82) is 0 Å². The zero-order valence-corrected chi connectivity index (χ0v) is 11.8. The Labute approximate surface area is 118 Å².